The van der Waals surface area contributed by atoms with E-state index in [9.17, 15) is 4.79 Å². The highest BCUT2D eigenvalue weighted by Gasteiger charge is 2.03. The van der Waals surface area contributed by atoms with Crippen molar-refractivity contribution >= 4 is 11.8 Å². The zero-order chi connectivity index (χ0) is 7.98. The highest BCUT2D eigenvalue weighted by Crippen LogP contribution is 1.87. The van der Waals surface area contributed by atoms with E-state index in [2.05, 4.69) is 4.74 Å². The van der Waals surface area contributed by atoms with Gasteiger partial charge in [-0.25, -0.2) is 4.79 Å². The predicted octanol–water partition coefficient (Wildman–Crippen LogP) is 0.266. The van der Waals surface area contributed by atoms with Crippen LogP contribution in [0.3, 0.4) is 0 Å². The van der Waals surface area contributed by atoms with Gasteiger partial charge in [0.25, 0.3) is 0 Å². The van der Waals surface area contributed by atoms with Gasteiger partial charge in [-0.05, 0) is 6.42 Å². The molecule has 0 bridgehead atoms. The van der Waals surface area contributed by atoms with Gasteiger partial charge in [-0.3, -0.25) is 5.41 Å². The van der Waals surface area contributed by atoms with Crippen molar-refractivity contribution in [3.63, 3.8) is 0 Å². The lowest BCUT2D eigenvalue weighted by Gasteiger charge is -1.99. The van der Waals surface area contributed by atoms with E-state index in [1.807, 2.05) is 6.92 Å². The Morgan fingerprint density at radius 2 is 2.30 bits per heavy atom. The molecule has 0 aliphatic carbocycles. The van der Waals surface area contributed by atoms with Crippen LogP contribution in [-0.4, -0.2) is 18.4 Å². The third kappa shape index (κ3) is 3.88. The Morgan fingerprint density at radius 1 is 1.70 bits per heavy atom. The van der Waals surface area contributed by atoms with Gasteiger partial charge in [0.05, 0.1) is 6.61 Å². The summed E-state index contributed by atoms with van der Waals surface area (Å²) in [5, 5.41) is 6.64. The number of rotatable bonds is 3. The zero-order valence-corrected chi connectivity index (χ0v) is 6.02. The van der Waals surface area contributed by atoms with E-state index in [1.54, 1.807) is 0 Å². The van der Waals surface area contributed by atoms with Crippen LogP contribution in [0.25, 0.3) is 0 Å². The maximum atomic E-state index is 10.4. The molecule has 0 spiro atoms. The highest BCUT2D eigenvalue weighted by atomic mass is 16.5. The number of ether oxygens (including phenoxy) is 1. The van der Waals surface area contributed by atoms with Gasteiger partial charge in [-0.2, -0.15) is 0 Å². The minimum Gasteiger partial charge on any atom is -0.460 e. The van der Waals surface area contributed by atoms with Gasteiger partial charge in [-0.15, -0.1) is 0 Å². The van der Waals surface area contributed by atoms with E-state index >= 15 is 0 Å². The topological polar surface area (TPSA) is 76.2 Å². The Balaban J connectivity index is 3.31. The standard InChI is InChI=1S/C6H12N2O2/c1-2-3-4-10-6(9)5(7)8/h2-4H2,1H3,(H3,7,8). The molecule has 0 aromatic rings. The normalized spacial score (nSPS) is 8.90. The van der Waals surface area contributed by atoms with Crippen molar-refractivity contribution in [3.8, 4) is 0 Å². The summed E-state index contributed by atoms with van der Waals surface area (Å²) in [6.45, 7) is 2.34. The number of unbranched alkanes of at least 4 members (excludes halogenated alkanes) is 1. The molecular weight excluding hydrogens is 132 g/mol. The molecule has 0 saturated heterocycles. The summed E-state index contributed by atoms with van der Waals surface area (Å²) in [5.41, 5.74) is 4.83. The van der Waals surface area contributed by atoms with Crippen LogP contribution in [0.2, 0.25) is 0 Å². The second-order valence-corrected chi connectivity index (χ2v) is 1.90. The molecule has 0 aromatic carbocycles. The third-order valence-electron chi connectivity index (χ3n) is 0.951. The van der Waals surface area contributed by atoms with Crippen molar-refractivity contribution in [2.45, 2.75) is 19.8 Å². The molecular formula is C6H12N2O2. The lowest BCUT2D eigenvalue weighted by Crippen LogP contribution is -2.24. The number of carbonyl (C=O) groups excluding carboxylic acids is 1. The Bertz CT molecular complexity index is 134. The summed E-state index contributed by atoms with van der Waals surface area (Å²) in [5.74, 6) is -1.26. The van der Waals surface area contributed by atoms with E-state index in [-0.39, 0.29) is 0 Å². The van der Waals surface area contributed by atoms with Crippen LogP contribution in [0, 0.1) is 5.41 Å². The van der Waals surface area contributed by atoms with E-state index < -0.39 is 11.8 Å². The van der Waals surface area contributed by atoms with Crippen LogP contribution in [0.1, 0.15) is 19.8 Å². The van der Waals surface area contributed by atoms with E-state index in [1.165, 1.54) is 0 Å². The highest BCUT2D eigenvalue weighted by molar-refractivity contribution is 6.33. The minimum atomic E-state index is -0.728. The Labute approximate surface area is 59.9 Å². The maximum absolute atomic E-state index is 10.4. The van der Waals surface area contributed by atoms with Gasteiger partial charge in [0.1, 0.15) is 0 Å². The molecule has 3 N–H and O–H groups in total. The van der Waals surface area contributed by atoms with Crippen LogP contribution in [0.5, 0.6) is 0 Å². The molecule has 0 unspecified atom stereocenters. The van der Waals surface area contributed by atoms with Crippen molar-refractivity contribution in [2.75, 3.05) is 6.61 Å². The number of amidine groups is 1. The van der Waals surface area contributed by atoms with Crippen LogP contribution >= 0.6 is 0 Å². The van der Waals surface area contributed by atoms with Crippen LogP contribution in [0.4, 0.5) is 0 Å². The summed E-state index contributed by atoms with van der Waals surface area (Å²) in [6.07, 6.45) is 1.78. The van der Waals surface area contributed by atoms with Gasteiger partial charge < -0.3 is 10.5 Å². The number of hydrogen-bond acceptors (Lipinski definition) is 3. The van der Waals surface area contributed by atoms with E-state index in [0.29, 0.717) is 6.61 Å². The van der Waals surface area contributed by atoms with Crippen molar-refractivity contribution in [1.29, 1.82) is 5.41 Å². The smallest absolute Gasteiger partial charge is 0.373 e. The quantitative estimate of drug-likeness (QED) is 0.258. The molecule has 0 rings (SSSR count). The average Bonchev–Trinajstić information content (AvgIpc) is 1.88. The fourth-order valence-electron chi connectivity index (χ4n) is 0.387. The second kappa shape index (κ2) is 4.78. The Kier molecular flexibility index (Phi) is 4.28. The summed E-state index contributed by atoms with van der Waals surface area (Å²) in [6, 6.07) is 0. The Morgan fingerprint density at radius 3 is 2.70 bits per heavy atom. The van der Waals surface area contributed by atoms with Crippen LogP contribution in [-0.2, 0) is 9.53 Å². The molecule has 0 atom stereocenters. The van der Waals surface area contributed by atoms with Crippen LogP contribution in [0.15, 0.2) is 0 Å². The van der Waals surface area contributed by atoms with Gasteiger partial charge in [0.2, 0.25) is 5.84 Å². The fourth-order valence-corrected chi connectivity index (χ4v) is 0.387. The number of nitrogens with one attached hydrogen (secondary N) is 1. The molecule has 58 valence electrons. The van der Waals surface area contributed by atoms with E-state index in [0.717, 1.165) is 12.8 Å². The van der Waals surface area contributed by atoms with Crippen molar-refractivity contribution in [3.05, 3.63) is 0 Å². The SMILES string of the molecule is CCCCOC(=O)C(=N)N. The van der Waals surface area contributed by atoms with Crippen molar-refractivity contribution in [2.24, 2.45) is 5.73 Å². The summed E-state index contributed by atoms with van der Waals surface area (Å²) in [7, 11) is 0. The molecule has 0 aromatic heterocycles. The number of esters is 1. The van der Waals surface area contributed by atoms with Gasteiger partial charge in [0, 0.05) is 0 Å². The molecule has 4 nitrogen and oxygen atoms in total. The minimum absolute atomic E-state index is 0.356. The Hall–Kier alpha value is -1.06. The largest absolute Gasteiger partial charge is 0.460 e. The number of nitrogens with two attached hydrogens (primary N) is 1. The maximum Gasteiger partial charge on any atom is 0.373 e. The molecule has 0 amide bonds. The first-order valence-corrected chi connectivity index (χ1v) is 3.19. The first-order chi connectivity index (χ1) is 4.68. The number of hydrogen-bond donors (Lipinski definition) is 2. The summed E-state index contributed by atoms with van der Waals surface area (Å²) >= 11 is 0. The molecule has 0 saturated carbocycles. The lowest BCUT2D eigenvalue weighted by molar-refractivity contribution is -0.135. The molecule has 0 heterocycles. The van der Waals surface area contributed by atoms with Crippen molar-refractivity contribution in [1.82, 2.24) is 0 Å². The van der Waals surface area contributed by atoms with Gasteiger partial charge in [0.15, 0.2) is 0 Å². The predicted molar refractivity (Wildman–Crippen MR) is 37.8 cm³/mol. The van der Waals surface area contributed by atoms with Crippen molar-refractivity contribution < 1.29 is 9.53 Å². The molecule has 0 radical (unpaired) electrons. The monoisotopic (exact) mass is 144 g/mol. The third-order valence-corrected chi connectivity index (χ3v) is 0.951. The fraction of sp³-hybridized carbons (Fsp3) is 0.667. The van der Waals surface area contributed by atoms with Gasteiger partial charge in [-0.1, -0.05) is 13.3 Å². The molecule has 0 fully saturated rings. The zero-order valence-electron chi connectivity index (χ0n) is 6.02. The number of carbonyl (C=O) groups is 1. The van der Waals surface area contributed by atoms with Gasteiger partial charge >= 0.3 is 5.97 Å². The summed E-state index contributed by atoms with van der Waals surface area (Å²) < 4.78 is 4.56. The molecule has 0 aliphatic heterocycles. The molecule has 0 aliphatic rings. The second-order valence-electron chi connectivity index (χ2n) is 1.90. The average molecular weight is 144 g/mol. The lowest BCUT2D eigenvalue weighted by atomic mass is 10.4. The summed E-state index contributed by atoms with van der Waals surface area (Å²) in [4.78, 5) is 10.4. The first kappa shape index (κ1) is 8.94. The first-order valence-electron chi connectivity index (χ1n) is 3.19. The van der Waals surface area contributed by atoms with Crippen LogP contribution < -0.4 is 5.73 Å². The molecule has 4 heteroatoms. The van der Waals surface area contributed by atoms with E-state index in [4.69, 9.17) is 11.1 Å². The molecule has 10 heavy (non-hydrogen) atoms.